The van der Waals surface area contributed by atoms with Gasteiger partial charge >= 0.3 is 5.63 Å². The number of benzene rings is 1. The van der Waals surface area contributed by atoms with Gasteiger partial charge in [-0.3, -0.25) is 4.90 Å². The fourth-order valence-corrected chi connectivity index (χ4v) is 3.07. The summed E-state index contributed by atoms with van der Waals surface area (Å²) in [5.74, 6) is 0.716. The van der Waals surface area contributed by atoms with Gasteiger partial charge in [-0.2, -0.15) is 0 Å². The molecule has 1 aliphatic carbocycles. The van der Waals surface area contributed by atoms with E-state index < -0.39 is 0 Å². The summed E-state index contributed by atoms with van der Waals surface area (Å²) in [6.07, 6.45) is 2.53. The molecule has 2 aromatic rings. The number of fused-ring (bicyclic) bond motifs is 1. The summed E-state index contributed by atoms with van der Waals surface area (Å²) in [4.78, 5) is 14.0. The second-order valence-corrected chi connectivity index (χ2v) is 6.15. The first-order chi connectivity index (χ1) is 10.1. The first-order valence-electron chi connectivity index (χ1n) is 7.52. The van der Waals surface area contributed by atoms with Crippen molar-refractivity contribution in [1.29, 1.82) is 0 Å². The summed E-state index contributed by atoms with van der Waals surface area (Å²) in [5, 5.41) is 1.01. The Bertz CT molecular complexity index is 709. The van der Waals surface area contributed by atoms with Crippen molar-refractivity contribution in [3.05, 3.63) is 45.8 Å². The molecule has 0 spiro atoms. The summed E-state index contributed by atoms with van der Waals surface area (Å²) in [6, 6.07) is 8.01. The van der Waals surface area contributed by atoms with Crippen LogP contribution in [0.25, 0.3) is 11.0 Å². The van der Waals surface area contributed by atoms with Crippen LogP contribution in [-0.2, 0) is 6.54 Å². The van der Waals surface area contributed by atoms with Crippen LogP contribution >= 0.6 is 12.4 Å². The smallest absolute Gasteiger partial charge is 0.336 e. The third-order valence-electron chi connectivity index (χ3n) is 4.38. The van der Waals surface area contributed by atoms with Gasteiger partial charge in [0.15, 0.2) is 0 Å². The molecule has 2 N–H and O–H groups in total. The number of rotatable bonds is 5. The van der Waals surface area contributed by atoms with Crippen molar-refractivity contribution in [2.45, 2.75) is 32.4 Å². The molecule has 0 radical (unpaired) electrons. The molecule has 4 nitrogen and oxygen atoms in total. The normalized spacial score (nSPS) is 15.8. The monoisotopic (exact) mass is 322 g/mol. The van der Waals surface area contributed by atoms with Crippen molar-refractivity contribution in [2.75, 3.05) is 13.6 Å². The summed E-state index contributed by atoms with van der Waals surface area (Å²) in [6.45, 7) is 3.39. The van der Waals surface area contributed by atoms with E-state index in [0.717, 1.165) is 23.1 Å². The number of hydrogen-bond acceptors (Lipinski definition) is 4. The standard InChI is InChI=1S/C17H22N2O2.ClH/c1-11-3-6-14-13(8-17(20)21-16(14)7-11)10-19(2)15(9-18)12-4-5-12;/h3,6-8,12,15H,4-5,9-10,18H2,1-2H3;1H. The molecule has 0 aliphatic heterocycles. The number of nitrogens with two attached hydrogens (primary N) is 1. The van der Waals surface area contributed by atoms with Crippen molar-refractivity contribution in [3.63, 3.8) is 0 Å². The van der Waals surface area contributed by atoms with Crippen molar-refractivity contribution in [1.82, 2.24) is 4.90 Å². The van der Waals surface area contributed by atoms with E-state index in [1.54, 1.807) is 6.07 Å². The topological polar surface area (TPSA) is 59.5 Å². The van der Waals surface area contributed by atoms with E-state index in [9.17, 15) is 4.79 Å². The molecule has 1 aliphatic rings. The third-order valence-corrected chi connectivity index (χ3v) is 4.38. The maximum absolute atomic E-state index is 11.8. The molecule has 1 unspecified atom stereocenters. The molecule has 5 heteroatoms. The van der Waals surface area contributed by atoms with Crippen molar-refractivity contribution in [2.24, 2.45) is 11.7 Å². The Balaban J connectivity index is 0.00000176. The molecule has 1 heterocycles. The molecule has 0 bridgehead atoms. The van der Waals surface area contributed by atoms with Crippen LogP contribution in [0.2, 0.25) is 0 Å². The van der Waals surface area contributed by atoms with Gasteiger partial charge in [0.05, 0.1) is 0 Å². The van der Waals surface area contributed by atoms with Crippen LogP contribution < -0.4 is 11.4 Å². The maximum Gasteiger partial charge on any atom is 0.336 e. The maximum atomic E-state index is 11.8. The van der Waals surface area contributed by atoms with Gasteiger partial charge in [0.2, 0.25) is 0 Å². The van der Waals surface area contributed by atoms with Crippen molar-refractivity contribution in [3.8, 4) is 0 Å². The van der Waals surface area contributed by atoms with Crippen LogP contribution in [0.3, 0.4) is 0 Å². The highest BCUT2D eigenvalue weighted by molar-refractivity contribution is 5.85. The molecule has 1 atom stereocenters. The summed E-state index contributed by atoms with van der Waals surface area (Å²) >= 11 is 0. The number of nitrogens with zero attached hydrogens (tertiary/aromatic N) is 1. The zero-order chi connectivity index (χ0) is 15.0. The minimum atomic E-state index is -0.285. The van der Waals surface area contributed by atoms with E-state index >= 15 is 0 Å². The van der Waals surface area contributed by atoms with Gasteiger partial charge in [0.25, 0.3) is 0 Å². The molecule has 0 saturated heterocycles. The van der Waals surface area contributed by atoms with E-state index in [1.807, 2.05) is 25.1 Å². The highest BCUT2D eigenvalue weighted by Gasteiger charge is 2.32. The van der Waals surface area contributed by atoms with E-state index in [1.165, 1.54) is 12.8 Å². The Morgan fingerprint density at radius 2 is 2.09 bits per heavy atom. The van der Waals surface area contributed by atoms with Crippen LogP contribution in [0.15, 0.2) is 33.5 Å². The molecule has 22 heavy (non-hydrogen) atoms. The Labute approximate surface area is 136 Å². The fraction of sp³-hybridized carbons (Fsp3) is 0.471. The van der Waals surface area contributed by atoms with Gasteiger partial charge in [0.1, 0.15) is 5.58 Å². The minimum Gasteiger partial charge on any atom is -0.423 e. The largest absolute Gasteiger partial charge is 0.423 e. The third kappa shape index (κ3) is 3.51. The Kier molecular flexibility index (Phi) is 5.27. The lowest BCUT2D eigenvalue weighted by Crippen LogP contribution is -2.39. The molecule has 3 rings (SSSR count). The van der Waals surface area contributed by atoms with Crippen LogP contribution in [0.5, 0.6) is 0 Å². The van der Waals surface area contributed by atoms with Gasteiger partial charge in [-0.1, -0.05) is 12.1 Å². The second kappa shape index (κ2) is 6.82. The predicted octanol–water partition coefficient (Wildman–Crippen LogP) is 2.69. The van der Waals surface area contributed by atoms with Gasteiger partial charge in [-0.05, 0) is 49.9 Å². The van der Waals surface area contributed by atoms with Crippen LogP contribution in [0.1, 0.15) is 24.0 Å². The first-order valence-corrected chi connectivity index (χ1v) is 7.52. The average Bonchev–Trinajstić information content (AvgIpc) is 3.23. The minimum absolute atomic E-state index is 0. The highest BCUT2D eigenvalue weighted by Crippen LogP contribution is 2.35. The zero-order valence-corrected chi connectivity index (χ0v) is 13.9. The fourth-order valence-electron chi connectivity index (χ4n) is 3.07. The highest BCUT2D eigenvalue weighted by atomic mass is 35.5. The lowest BCUT2D eigenvalue weighted by Gasteiger charge is -2.27. The van der Waals surface area contributed by atoms with E-state index in [2.05, 4.69) is 11.9 Å². The lowest BCUT2D eigenvalue weighted by atomic mass is 10.1. The molecule has 1 aromatic carbocycles. The van der Waals surface area contributed by atoms with E-state index in [0.29, 0.717) is 24.1 Å². The Morgan fingerprint density at radius 1 is 1.36 bits per heavy atom. The average molecular weight is 323 g/mol. The predicted molar refractivity (Wildman–Crippen MR) is 91.5 cm³/mol. The molecule has 120 valence electrons. The van der Waals surface area contributed by atoms with Gasteiger partial charge < -0.3 is 10.2 Å². The van der Waals surface area contributed by atoms with E-state index in [-0.39, 0.29) is 18.0 Å². The van der Waals surface area contributed by atoms with Crippen LogP contribution in [0, 0.1) is 12.8 Å². The Morgan fingerprint density at radius 3 is 2.73 bits per heavy atom. The Hall–Kier alpha value is -1.36. The first kappa shape index (κ1) is 17.0. The number of halogens is 1. The molecular weight excluding hydrogens is 300 g/mol. The van der Waals surface area contributed by atoms with Gasteiger partial charge in [-0.25, -0.2) is 4.79 Å². The molecule has 1 aromatic heterocycles. The number of likely N-dealkylation sites (N-methyl/N-ethyl adjacent to an activating group) is 1. The van der Waals surface area contributed by atoms with Crippen molar-refractivity contribution < 1.29 is 4.42 Å². The zero-order valence-electron chi connectivity index (χ0n) is 13.0. The number of aryl methyl sites for hydroxylation is 1. The molecule has 1 saturated carbocycles. The summed E-state index contributed by atoms with van der Waals surface area (Å²) in [5.41, 5.74) is 8.40. The van der Waals surface area contributed by atoms with E-state index in [4.69, 9.17) is 10.2 Å². The SMILES string of the molecule is Cc1ccc2c(CN(C)C(CN)C3CC3)cc(=O)oc2c1.Cl. The molecule has 1 fully saturated rings. The van der Waals surface area contributed by atoms with Crippen molar-refractivity contribution >= 4 is 23.4 Å². The molecule has 0 amide bonds. The lowest BCUT2D eigenvalue weighted by molar-refractivity contribution is 0.216. The summed E-state index contributed by atoms with van der Waals surface area (Å²) in [7, 11) is 2.09. The quantitative estimate of drug-likeness (QED) is 0.860. The van der Waals surface area contributed by atoms with Gasteiger partial charge in [0, 0.05) is 30.6 Å². The summed E-state index contributed by atoms with van der Waals surface area (Å²) < 4.78 is 5.31. The number of hydrogen-bond donors (Lipinski definition) is 1. The second-order valence-electron chi connectivity index (χ2n) is 6.15. The van der Waals surface area contributed by atoms with Gasteiger partial charge in [-0.15, -0.1) is 12.4 Å². The van der Waals surface area contributed by atoms with Crippen LogP contribution in [-0.4, -0.2) is 24.5 Å². The molecular formula is C17H23ClN2O2. The van der Waals surface area contributed by atoms with Crippen LogP contribution in [0.4, 0.5) is 0 Å².